The van der Waals surface area contributed by atoms with Gasteiger partial charge in [0.15, 0.2) is 6.61 Å². The van der Waals surface area contributed by atoms with E-state index in [-0.39, 0.29) is 5.91 Å². The van der Waals surface area contributed by atoms with Gasteiger partial charge in [-0.25, -0.2) is 4.79 Å². The van der Waals surface area contributed by atoms with Crippen molar-refractivity contribution in [2.24, 2.45) is 0 Å². The molecule has 108 valence electrons. The molecule has 0 unspecified atom stereocenters. The highest BCUT2D eigenvalue weighted by atomic mass is 16.5. The van der Waals surface area contributed by atoms with Crippen molar-refractivity contribution in [3.63, 3.8) is 0 Å². The Morgan fingerprint density at radius 1 is 1.20 bits per heavy atom. The van der Waals surface area contributed by atoms with Crippen LogP contribution in [0, 0.1) is 0 Å². The number of benzene rings is 1. The molecule has 0 aliphatic heterocycles. The van der Waals surface area contributed by atoms with Gasteiger partial charge >= 0.3 is 5.97 Å². The molecule has 0 fully saturated rings. The normalized spacial score (nSPS) is 11.3. The Morgan fingerprint density at radius 3 is 2.45 bits per heavy atom. The highest BCUT2D eigenvalue weighted by molar-refractivity contribution is 5.92. The molecule has 1 atom stereocenters. The summed E-state index contributed by atoms with van der Waals surface area (Å²) >= 11 is 0. The summed E-state index contributed by atoms with van der Waals surface area (Å²) in [4.78, 5) is 34.5. The number of rotatable bonds is 6. The average Bonchev–Trinajstić information content (AvgIpc) is 2.45. The van der Waals surface area contributed by atoms with Gasteiger partial charge in [-0.1, -0.05) is 18.2 Å². The summed E-state index contributed by atoms with van der Waals surface area (Å²) in [6.07, 6.45) is 0. The first kappa shape index (κ1) is 15.7. The summed E-state index contributed by atoms with van der Waals surface area (Å²) in [5.41, 5.74) is 0.372. The van der Waals surface area contributed by atoms with Gasteiger partial charge in [0.05, 0.1) is 5.56 Å². The third-order valence-corrected chi connectivity index (χ3v) is 2.47. The average molecular weight is 278 g/mol. The van der Waals surface area contributed by atoms with Gasteiger partial charge in [0.1, 0.15) is 6.04 Å². The van der Waals surface area contributed by atoms with Crippen LogP contribution in [0.15, 0.2) is 30.3 Å². The van der Waals surface area contributed by atoms with Gasteiger partial charge in [-0.15, -0.1) is 0 Å². The van der Waals surface area contributed by atoms with E-state index < -0.39 is 24.5 Å². The van der Waals surface area contributed by atoms with Gasteiger partial charge in [0.25, 0.3) is 5.91 Å². The molecule has 2 N–H and O–H groups in total. The van der Waals surface area contributed by atoms with E-state index in [2.05, 4.69) is 10.6 Å². The summed E-state index contributed by atoms with van der Waals surface area (Å²) in [7, 11) is 0. The van der Waals surface area contributed by atoms with Crippen LogP contribution in [0.25, 0.3) is 0 Å². The van der Waals surface area contributed by atoms with Gasteiger partial charge in [0.2, 0.25) is 5.91 Å². The number of hydrogen-bond donors (Lipinski definition) is 2. The van der Waals surface area contributed by atoms with Crippen molar-refractivity contribution in [2.75, 3.05) is 13.2 Å². The Bertz CT molecular complexity index is 473. The lowest BCUT2D eigenvalue weighted by Gasteiger charge is -2.13. The number of hydrogen-bond acceptors (Lipinski definition) is 4. The molecule has 6 heteroatoms. The summed E-state index contributed by atoms with van der Waals surface area (Å²) < 4.78 is 4.85. The zero-order valence-corrected chi connectivity index (χ0v) is 11.5. The first-order valence-electron chi connectivity index (χ1n) is 6.33. The molecule has 0 heterocycles. The Kier molecular flexibility index (Phi) is 6.22. The van der Waals surface area contributed by atoms with Crippen LogP contribution >= 0.6 is 0 Å². The van der Waals surface area contributed by atoms with Gasteiger partial charge in [-0.2, -0.15) is 0 Å². The first-order valence-corrected chi connectivity index (χ1v) is 6.33. The Balaban J connectivity index is 2.37. The lowest BCUT2D eigenvalue weighted by molar-refractivity contribution is -0.130. The van der Waals surface area contributed by atoms with Crippen molar-refractivity contribution in [1.29, 1.82) is 0 Å². The fourth-order valence-corrected chi connectivity index (χ4v) is 1.46. The monoisotopic (exact) mass is 278 g/mol. The molecule has 0 bridgehead atoms. The molecule has 2 amide bonds. The maximum atomic E-state index is 11.6. The number of esters is 1. The first-order chi connectivity index (χ1) is 9.54. The molecule has 0 aromatic heterocycles. The molecule has 0 spiro atoms. The molecular weight excluding hydrogens is 260 g/mol. The largest absolute Gasteiger partial charge is 0.452 e. The van der Waals surface area contributed by atoms with Crippen molar-refractivity contribution in [1.82, 2.24) is 10.6 Å². The summed E-state index contributed by atoms with van der Waals surface area (Å²) in [5.74, 6) is -1.38. The quantitative estimate of drug-likeness (QED) is 0.741. The van der Waals surface area contributed by atoms with E-state index in [0.717, 1.165) is 0 Å². The maximum Gasteiger partial charge on any atom is 0.338 e. The molecule has 0 aliphatic carbocycles. The second-order valence-corrected chi connectivity index (χ2v) is 4.13. The second-order valence-electron chi connectivity index (χ2n) is 4.13. The number of nitrogens with one attached hydrogen (secondary N) is 2. The van der Waals surface area contributed by atoms with E-state index in [1.165, 1.54) is 0 Å². The fraction of sp³-hybridized carbons (Fsp3) is 0.357. The topological polar surface area (TPSA) is 84.5 Å². The van der Waals surface area contributed by atoms with E-state index >= 15 is 0 Å². The Hall–Kier alpha value is -2.37. The van der Waals surface area contributed by atoms with E-state index in [9.17, 15) is 14.4 Å². The highest BCUT2D eigenvalue weighted by Gasteiger charge is 2.16. The lowest BCUT2D eigenvalue weighted by Crippen LogP contribution is -2.46. The number of amides is 2. The number of likely N-dealkylation sites (N-methyl/N-ethyl adjacent to an activating group) is 1. The minimum Gasteiger partial charge on any atom is -0.452 e. The third kappa shape index (κ3) is 5.09. The number of carbonyl (C=O) groups excluding carboxylic acids is 3. The zero-order chi connectivity index (χ0) is 15.0. The molecule has 0 aliphatic rings. The number of carbonyl (C=O) groups is 3. The molecular formula is C14H18N2O4. The maximum absolute atomic E-state index is 11.6. The third-order valence-electron chi connectivity index (χ3n) is 2.47. The van der Waals surface area contributed by atoms with Crippen molar-refractivity contribution >= 4 is 17.8 Å². The van der Waals surface area contributed by atoms with Crippen molar-refractivity contribution in [2.45, 2.75) is 19.9 Å². The van der Waals surface area contributed by atoms with Crippen LogP contribution in [-0.2, 0) is 14.3 Å². The minimum atomic E-state index is -0.669. The van der Waals surface area contributed by atoms with Gasteiger partial charge in [-0.3, -0.25) is 9.59 Å². The van der Waals surface area contributed by atoms with Crippen LogP contribution in [0.1, 0.15) is 24.2 Å². The molecule has 6 nitrogen and oxygen atoms in total. The van der Waals surface area contributed by atoms with Crippen molar-refractivity contribution in [3.8, 4) is 0 Å². The number of ether oxygens (including phenoxy) is 1. The van der Waals surface area contributed by atoms with Crippen LogP contribution in [0.3, 0.4) is 0 Å². The van der Waals surface area contributed by atoms with E-state index in [1.807, 2.05) is 0 Å². The van der Waals surface area contributed by atoms with Crippen molar-refractivity contribution in [3.05, 3.63) is 35.9 Å². The molecule has 0 radical (unpaired) electrons. The summed E-state index contributed by atoms with van der Waals surface area (Å²) in [6, 6.07) is 7.70. The zero-order valence-electron chi connectivity index (χ0n) is 11.5. The van der Waals surface area contributed by atoms with Gasteiger partial charge in [-0.05, 0) is 26.0 Å². The molecule has 1 aromatic rings. The van der Waals surface area contributed by atoms with E-state index in [4.69, 9.17) is 4.74 Å². The highest BCUT2D eigenvalue weighted by Crippen LogP contribution is 2.00. The molecule has 0 saturated heterocycles. The van der Waals surface area contributed by atoms with Gasteiger partial charge < -0.3 is 15.4 Å². The van der Waals surface area contributed by atoms with Gasteiger partial charge in [0, 0.05) is 6.54 Å². The van der Waals surface area contributed by atoms with E-state index in [0.29, 0.717) is 12.1 Å². The standard InChI is InChI=1S/C14H18N2O4/c1-3-15-13(18)10(2)16-12(17)9-20-14(19)11-7-5-4-6-8-11/h4-8,10H,3,9H2,1-2H3,(H,15,18)(H,16,17)/t10-/m0/s1. The smallest absolute Gasteiger partial charge is 0.338 e. The second kappa shape index (κ2) is 7.93. The Labute approximate surface area is 117 Å². The lowest BCUT2D eigenvalue weighted by atomic mass is 10.2. The van der Waals surface area contributed by atoms with Crippen LogP contribution < -0.4 is 10.6 Å². The van der Waals surface area contributed by atoms with Crippen LogP contribution in [0.5, 0.6) is 0 Å². The van der Waals surface area contributed by atoms with Crippen LogP contribution in [0.4, 0.5) is 0 Å². The predicted octanol–water partition coefficient (Wildman–Crippen LogP) is 0.484. The summed E-state index contributed by atoms with van der Waals surface area (Å²) in [6.45, 7) is 3.41. The SMILES string of the molecule is CCNC(=O)[C@H](C)NC(=O)COC(=O)c1ccccc1. The van der Waals surface area contributed by atoms with Crippen LogP contribution in [0.2, 0.25) is 0 Å². The molecule has 20 heavy (non-hydrogen) atoms. The van der Waals surface area contributed by atoms with Crippen molar-refractivity contribution < 1.29 is 19.1 Å². The molecule has 1 rings (SSSR count). The predicted molar refractivity (Wildman–Crippen MR) is 73.0 cm³/mol. The molecule has 1 aromatic carbocycles. The fourth-order valence-electron chi connectivity index (χ4n) is 1.46. The van der Waals surface area contributed by atoms with Crippen LogP contribution in [-0.4, -0.2) is 37.0 Å². The molecule has 0 saturated carbocycles. The summed E-state index contributed by atoms with van der Waals surface area (Å²) in [5, 5.41) is 5.02. The Morgan fingerprint density at radius 2 is 1.85 bits per heavy atom. The minimum absolute atomic E-state index is 0.282. The van der Waals surface area contributed by atoms with E-state index in [1.54, 1.807) is 44.2 Å².